The molecule has 0 aliphatic heterocycles. The molecule has 0 saturated carbocycles. The quantitative estimate of drug-likeness (QED) is 0.409. The largest absolute Gasteiger partial charge is 0.287 e. The van der Waals surface area contributed by atoms with Crippen molar-refractivity contribution in [1.29, 1.82) is 3.56 Å². The predicted octanol–water partition coefficient (Wildman–Crippen LogP) is 5.42. The first-order valence-corrected chi connectivity index (χ1v) is 7.77. The maximum atomic E-state index is 7.04. The minimum atomic E-state index is -0.491. The van der Waals surface area contributed by atoms with Crippen molar-refractivity contribution in [3.63, 3.8) is 0 Å². The lowest BCUT2D eigenvalue weighted by molar-refractivity contribution is -0.178. The van der Waals surface area contributed by atoms with E-state index in [2.05, 4.69) is 41.5 Å². The molecule has 0 rings (SSSR count). The standard InChI is InChI=1S/C7H17IN2O.C3H8.2CH4/c1-6(2)10(7(3)4)11-5-8-9;1-3-2;;/h6-7,9H,5H2,1-4H3;3H2,1-2H3;2*1H4. The van der Waals surface area contributed by atoms with Crippen LogP contribution in [0.2, 0.25) is 0 Å². The summed E-state index contributed by atoms with van der Waals surface area (Å²) in [6.45, 7) is 12.6. The Morgan fingerprint density at radius 2 is 1.38 bits per heavy atom. The number of nitrogens with one attached hydrogen (secondary N) is 1. The molecule has 0 bridgehead atoms. The van der Waals surface area contributed by atoms with Crippen molar-refractivity contribution in [2.45, 2.75) is 74.9 Å². The van der Waals surface area contributed by atoms with Gasteiger partial charge in [-0.1, -0.05) is 35.1 Å². The first-order chi connectivity index (χ1) is 6.51. The van der Waals surface area contributed by atoms with E-state index in [1.54, 1.807) is 0 Å². The number of hydrogen-bond donors (Lipinski definition) is 1. The second kappa shape index (κ2) is 17.8. The zero-order chi connectivity index (χ0) is 11.6. The third-order valence-electron chi connectivity index (χ3n) is 1.27. The van der Waals surface area contributed by atoms with E-state index in [9.17, 15) is 0 Å². The molecule has 0 atom stereocenters. The van der Waals surface area contributed by atoms with Crippen LogP contribution in [0.25, 0.3) is 0 Å². The summed E-state index contributed by atoms with van der Waals surface area (Å²) in [7, 11) is 0. The van der Waals surface area contributed by atoms with Crippen LogP contribution in [0.4, 0.5) is 0 Å². The van der Waals surface area contributed by atoms with E-state index in [-0.39, 0.29) is 14.9 Å². The number of hydroxylamine groups is 2. The van der Waals surface area contributed by atoms with Gasteiger partial charge in [0, 0.05) is 33.1 Å². The van der Waals surface area contributed by atoms with E-state index in [0.29, 0.717) is 16.7 Å². The fourth-order valence-corrected chi connectivity index (χ4v) is 1.44. The Bertz CT molecular complexity index is 122. The topological polar surface area (TPSA) is 36.3 Å². The molecule has 0 aromatic rings. The van der Waals surface area contributed by atoms with Crippen LogP contribution in [0.5, 0.6) is 0 Å². The third-order valence-corrected chi connectivity index (χ3v) is 1.86. The molecule has 0 radical (unpaired) electrons. The summed E-state index contributed by atoms with van der Waals surface area (Å²) in [5.41, 5.74) is 0. The summed E-state index contributed by atoms with van der Waals surface area (Å²) in [5.74, 6) is 0. The van der Waals surface area contributed by atoms with Gasteiger partial charge in [-0.05, 0) is 27.7 Å². The number of hydrogen-bond acceptors (Lipinski definition) is 3. The summed E-state index contributed by atoms with van der Waals surface area (Å²) in [6, 6.07) is 0.816. The average molecular weight is 348 g/mol. The number of nitrogens with zero attached hydrogens (tertiary/aromatic N) is 1. The van der Waals surface area contributed by atoms with E-state index >= 15 is 0 Å². The van der Waals surface area contributed by atoms with E-state index in [1.807, 2.05) is 5.06 Å². The monoisotopic (exact) mass is 348 g/mol. The first kappa shape index (κ1) is 25.3. The zero-order valence-corrected chi connectivity index (χ0v) is 12.5. The summed E-state index contributed by atoms with van der Waals surface area (Å²) < 4.78 is 7.64. The SMILES string of the molecule is C.C.CC(C)N(OCI=N)C(C)C.CCC. The van der Waals surface area contributed by atoms with Crippen LogP contribution in [-0.2, 0) is 4.84 Å². The molecule has 0 amide bonds. The fourth-order valence-electron chi connectivity index (χ4n) is 0.975. The van der Waals surface area contributed by atoms with Gasteiger partial charge in [0.2, 0.25) is 0 Å². The Hall–Kier alpha value is 0.450. The van der Waals surface area contributed by atoms with Gasteiger partial charge in [0.05, 0.1) is 0 Å². The van der Waals surface area contributed by atoms with Crippen molar-refractivity contribution in [3.05, 3.63) is 0 Å². The maximum absolute atomic E-state index is 7.04. The lowest BCUT2D eigenvalue weighted by Crippen LogP contribution is -2.36. The lowest BCUT2D eigenvalue weighted by atomic mass is 10.3. The Labute approximate surface area is 114 Å². The van der Waals surface area contributed by atoms with E-state index < -0.39 is 21.0 Å². The van der Waals surface area contributed by atoms with Gasteiger partial charge in [0.15, 0.2) is 0 Å². The van der Waals surface area contributed by atoms with Crippen LogP contribution in [0.15, 0.2) is 0 Å². The fraction of sp³-hybridized carbons (Fsp3) is 1.00. The van der Waals surface area contributed by atoms with Gasteiger partial charge in [-0.2, -0.15) is 5.06 Å². The average Bonchev–Trinajstić information content (AvgIpc) is 2.05. The smallest absolute Gasteiger partial charge is 0.131 e. The molecular formula is C12H33IN2O. The molecule has 0 aliphatic rings. The van der Waals surface area contributed by atoms with Gasteiger partial charge >= 0.3 is 0 Å². The van der Waals surface area contributed by atoms with Crippen LogP contribution in [-0.4, -0.2) is 21.8 Å². The number of rotatable bonds is 5. The Morgan fingerprint density at radius 1 is 1.06 bits per heavy atom. The van der Waals surface area contributed by atoms with Crippen molar-refractivity contribution in [1.82, 2.24) is 5.06 Å². The van der Waals surface area contributed by atoms with Crippen molar-refractivity contribution < 1.29 is 4.84 Å². The Kier molecular flexibility index (Phi) is 28.2. The van der Waals surface area contributed by atoms with Gasteiger partial charge < -0.3 is 0 Å². The molecule has 0 aromatic heterocycles. The molecule has 0 saturated heterocycles. The summed E-state index contributed by atoms with van der Waals surface area (Å²) in [4.78, 5) is 5.41. The van der Waals surface area contributed by atoms with Crippen LogP contribution < -0.4 is 0 Å². The first-order valence-electron chi connectivity index (χ1n) is 5.17. The van der Waals surface area contributed by atoms with Crippen LogP contribution in [0, 0.1) is 3.56 Å². The molecule has 104 valence electrons. The van der Waals surface area contributed by atoms with Crippen LogP contribution in [0.1, 0.15) is 62.8 Å². The minimum Gasteiger partial charge on any atom is -0.287 e. The summed E-state index contributed by atoms with van der Waals surface area (Å²) in [5, 5.41) is 1.95. The highest BCUT2D eigenvalue weighted by atomic mass is 127. The van der Waals surface area contributed by atoms with Gasteiger partial charge in [0.1, 0.15) is 4.61 Å². The van der Waals surface area contributed by atoms with E-state index in [1.165, 1.54) is 6.42 Å². The highest BCUT2D eigenvalue weighted by molar-refractivity contribution is 14.1. The minimum absolute atomic E-state index is 0. The molecule has 0 aromatic carbocycles. The van der Waals surface area contributed by atoms with Gasteiger partial charge in [-0.25, -0.2) is 0 Å². The highest BCUT2D eigenvalue weighted by Gasteiger charge is 2.12. The van der Waals surface area contributed by atoms with Crippen molar-refractivity contribution >= 4 is 21.0 Å². The number of alkyl halides is 1. The lowest BCUT2D eigenvalue weighted by Gasteiger charge is -2.28. The maximum Gasteiger partial charge on any atom is 0.131 e. The van der Waals surface area contributed by atoms with Gasteiger partial charge in [0.25, 0.3) is 0 Å². The molecule has 16 heavy (non-hydrogen) atoms. The van der Waals surface area contributed by atoms with E-state index in [4.69, 9.17) is 8.40 Å². The molecule has 3 nitrogen and oxygen atoms in total. The number of halogens is 1. The normalized spacial score (nSPS) is 9.31. The second-order valence-electron chi connectivity index (χ2n) is 3.63. The van der Waals surface area contributed by atoms with Gasteiger partial charge in [-0.3, -0.25) is 8.40 Å². The predicted molar refractivity (Wildman–Crippen MR) is 84.2 cm³/mol. The Morgan fingerprint density at radius 3 is 1.56 bits per heavy atom. The zero-order valence-electron chi connectivity index (χ0n) is 10.3. The molecule has 4 heteroatoms. The molecular weight excluding hydrogens is 315 g/mol. The van der Waals surface area contributed by atoms with Gasteiger partial charge in [-0.15, -0.1) is 0 Å². The van der Waals surface area contributed by atoms with Crippen molar-refractivity contribution in [3.8, 4) is 0 Å². The van der Waals surface area contributed by atoms with E-state index in [0.717, 1.165) is 0 Å². The molecule has 0 heterocycles. The van der Waals surface area contributed by atoms with Crippen molar-refractivity contribution in [2.24, 2.45) is 0 Å². The van der Waals surface area contributed by atoms with Crippen LogP contribution >= 0.6 is 21.0 Å². The molecule has 0 fully saturated rings. The van der Waals surface area contributed by atoms with Crippen LogP contribution in [0.3, 0.4) is 0 Å². The third kappa shape index (κ3) is 16.9. The summed E-state index contributed by atoms with van der Waals surface area (Å²) in [6.07, 6.45) is 1.25. The molecule has 1 N–H and O–H groups in total. The second-order valence-corrected chi connectivity index (χ2v) is 5.01. The molecule has 0 aliphatic carbocycles. The highest BCUT2D eigenvalue weighted by Crippen LogP contribution is 2.08. The molecule has 0 unspecified atom stereocenters. The Balaban J connectivity index is -0.000000129. The van der Waals surface area contributed by atoms with Crippen molar-refractivity contribution in [2.75, 3.05) is 4.61 Å². The molecule has 0 spiro atoms. The summed E-state index contributed by atoms with van der Waals surface area (Å²) >= 11 is -0.491.